The Kier molecular flexibility index (Phi) is 4.76. The number of carbonyl (C=O) groups is 1. The fourth-order valence-electron chi connectivity index (χ4n) is 1.14. The lowest BCUT2D eigenvalue weighted by molar-refractivity contribution is -0.122. The number of hydrogen-bond acceptors (Lipinski definition) is 4. The molecule has 0 radical (unpaired) electrons. The third-order valence-electron chi connectivity index (χ3n) is 2.13. The van der Waals surface area contributed by atoms with Gasteiger partial charge in [0.25, 0.3) is 0 Å². The number of nitrogens with two attached hydrogens (primary N) is 1. The average Bonchev–Trinajstić information content (AvgIpc) is 2.75. The van der Waals surface area contributed by atoms with Gasteiger partial charge in [0.05, 0.1) is 6.04 Å². The summed E-state index contributed by atoms with van der Waals surface area (Å²) in [7, 11) is 0. The van der Waals surface area contributed by atoms with Crippen molar-refractivity contribution >= 4 is 5.91 Å². The molecule has 6 nitrogen and oxygen atoms in total. The molecule has 1 aromatic rings. The van der Waals surface area contributed by atoms with Crippen LogP contribution >= 0.6 is 0 Å². The van der Waals surface area contributed by atoms with Gasteiger partial charge in [0.1, 0.15) is 12.2 Å². The molecule has 0 aliphatic carbocycles. The van der Waals surface area contributed by atoms with E-state index in [1.807, 2.05) is 6.92 Å². The van der Waals surface area contributed by atoms with Crippen molar-refractivity contribution in [3.05, 3.63) is 12.2 Å². The molecule has 0 unspecified atom stereocenters. The first-order chi connectivity index (χ1) is 7.24. The summed E-state index contributed by atoms with van der Waals surface area (Å²) in [6, 6.07) is -0.393. The highest BCUT2D eigenvalue weighted by Gasteiger charge is 2.09. The van der Waals surface area contributed by atoms with Crippen LogP contribution in [0.2, 0.25) is 0 Å². The lowest BCUT2D eigenvalue weighted by Gasteiger charge is -2.09. The highest BCUT2D eigenvalue weighted by molar-refractivity contribution is 5.81. The van der Waals surface area contributed by atoms with Crippen molar-refractivity contribution in [2.45, 2.75) is 32.2 Å². The van der Waals surface area contributed by atoms with Gasteiger partial charge in [-0.1, -0.05) is 6.92 Å². The summed E-state index contributed by atoms with van der Waals surface area (Å²) >= 11 is 0. The minimum atomic E-state index is -0.393. The molecule has 1 atom stereocenters. The van der Waals surface area contributed by atoms with E-state index in [0.29, 0.717) is 13.0 Å². The van der Waals surface area contributed by atoms with Crippen molar-refractivity contribution in [3.63, 3.8) is 0 Å². The van der Waals surface area contributed by atoms with Crippen molar-refractivity contribution in [1.29, 1.82) is 0 Å². The van der Waals surface area contributed by atoms with Crippen molar-refractivity contribution in [1.82, 2.24) is 20.5 Å². The smallest absolute Gasteiger partial charge is 0.236 e. The fraction of sp³-hybridized carbons (Fsp3) is 0.667. The van der Waals surface area contributed by atoms with Crippen LogP contribution in [0.25, 0.3) is 0 Å². The molecular weight excluding hydrogens is 194 g/mol. The Bertz CT molecular complexity index is 285. The third-order valence-corrected chi connectivity index (χ3v) is 2.13. The van der Waals surface area contributed by atoms with Crippen LogP contribution < -0.4 is 11.1 Å². The zero-order valence-electron chi connectivity index (χ0n) is 8.86. The molecular formula is C9H17N5O. The largest absolute Gasteiger partial charge is 0.355 e. The van der Waals surface area contributed by atoms with E-state index in [2.05, 4.69) is 20.5 Å². The molecule has 1 amide bonds. The van der Waals surface area contributed by atoms with Crippen LogP contribution in [0, 0.1) is 0 Å². The van der Waals surface area contributed by atoms with Gasteiger partial charge in [0.15, 0.2) is 0 Å². The number of amides is 1. The normalized spacial score (nSPS) is 12.4. The Balaban J connectivity index is 2.09. The number of H-pyrrole nitrogens is 1. The second-order valence-electron chi connectivity index (χ2n) is 3.34. The first kappa shape index (κ1) is 11.6. The summed E-state index contributed by atoms with van der Waals surface area (Å²) in [5.74, 6) is 0.749. The predicted octanol–water partition coefficient (Wildman–Crippen LogP) is -0.409. The Morgan fingerprint density at radius 3 is 3.13 bits per heavy atom. The molecule has 4 N–H and O–H groups in total. The summed E-state index contributed by atoms with van der Waals surface area (Å²) < 4.78 is 0. The van der Waals surface area contributed by atoms with Crippen LogP contribution in [0.1, 0.15) is 25.6 Å². The Morgan fingerprint density at radius 1 is 1.73 bits per heavy atom. The molecule has 0 saturated carbocycles. The van der Waals surface area contributed by atoms with Gasteiger partial charge in [0.2, 0.25) is 5.91 Å². The van der Waals surface area contributed by atoms with Crippen LogP contribution in [0.15, 0.2) is 6.33 Å². The van der Waals surface area contributed by atoms with Gasteiger partial charge in [-0.3, -0.25) is 9.89 Å². The Hall–Kier alpha value is -1.43. The van der Waals surface area contributed by atoms with Gasteiger partial charge in [0, 0.05) is 13.0 Å². The summed E-state index contributed by atoms with van der Waals surface area (Å²) in [5, 5.41) is 9.26. The van der Waals surface area contributed by atoms with Gasteiger partial charge in [-0.25, -0.2) is 4.98 Å². The Labute approximate surface area is 88.7 Å². The van der Waals surface area contributed by atoms with Gasteiger partial charge in [-0.05, 0) is 12.8 Å². The number of nitrogens with zero attached hydrogens (tertiary/aromatic N) is 2. The van der Waals surface area contributed by atoms with Crippen LogP contribution in [-0.4, -0.2) is 33.7 Å². The van der Waals surface area contributed by atoms with E-state index in [0.717, 1.165) is 18.7 Å². The van der Waals surface area contributed by atoms with Gasteiger partial charge >= 0.3 is 0 Å². The highest BCUT2D eigenvalue weighted by Crippen LogP contribution is 1.92. The molecule has 15 heavy (non-hydrogen) atoms. The maximum atomic E-state index is 11.3. The van der Waals surface area contributed by atoms with E-state index in [1.165, 1.54) is 6.33 Å². The molecule has 1 rings (SSSR count). The number of aromatic amines is 1. The van der Waals surface area contributed by atoms with Crippen LogP contribution in [0.4, 0.5) is 0 Å². The molecule has 0 fully saturated rings. The van der Waals surface area contributed by atoms with Crippen molar-refractivity contribution in [2.24, 2.45) is 5.73 Å². The second kappa shape index (κ2) is 6.13. The van der Waals surface area contributed by atoms with Gasteiger partial charge in [-0.2, -0.15) is 5.10 Å². The second-order valence-corrected chi connectivity index (χ2v) is 3.34. The lowest BCUT2D eigenvalue weighted by Crippen LogP contribution is -2.40. The number of hydrogen-bond donors (Lipinski definition) is 3. The Morgan fingerprint density at radius 2 is 2.53 bits per heavy atom. The lowest BCUT2D eigenvalue weighted by atomic mass is 10.2. The summed E-state index contributed by atoms with van der Waals surface area (Å²) in [4.78, 5) is 15.2. The molecule has 0 spiro atoms. The van der Waals surface area contributed by atoms with Crippen LogP contribution in [0.5, 0.6) is 0 Å². The van der Waals surface area contributed by atoms with E-state index in [4.69, 9.17) is 5.73 Å². The maximum absolute atomic E-state index is 11.3. The van der Waals surface area contributed by atoms with Crippen molar-refractivity contribution in [3.8, 4) is 0 Å². The molecule has 0 aliphatic rings. The quantitative estimate of drug-likeness (QED) is 0.557. The molecule has 0 saturated heterocycles. The van der Waals surface area contributed by atoms with Crippen molar-refractivity contribution in [2.75, 3.05) is 6.54 Å². The van der Waals surface area contributed by atoms with Gasteiger partial charge < -0.3 is 11.1 Å². The predicted molar refractivity (Wildman–Crippen MR) is 56.0 cm³/mol. The topological polar surface area (TPSA) is 96.7 Å². The molecule has 1 aromatic heterocycles. The summed E-state index contributed by atoms with van der Waals surface area (Å²) in [6.07, 6.45) is 3.74. The molecule has 6 heteroatoms. The fourth-order valence-corrected chi connectivity index (χ4v) is 1.14. The maximum Gasteiger partial charge on any atom is 0.236 e. The highest BCUT2D eigenvalue weighted by atomic mass is 16.2. The van der Waals surface area contributed by atoms with E-state index in [-0.39, 0.29) is 5.91 Å². The van der Waals surface area contributed by atoms with Crippen molar-refractivity contribution < 1.29 is 4.79 Å². The minimum absolute atomic E-state index is 0.0879. The molecule has 1 heterocycles. The average molecular weight is 211 g/mol. The first-order valence-corrected chi connectivity index (χ1v) is 5.11. The number of rotatable bonds is 6. The SMILES string of the molecule is CC[C@@H](N)C(=O)NCCCc1ncn[nH]1. The standard InChI is InChI=1S/C9H17N5O/c1-2-7(10)9(15)11-5-3-4-8-12-6-13-14-8/h6-7H,2-5,10H2,1H3,(H,11,15)(H,12,13,14)/t7-/m1/s1. The van der Waals surface area contributed by atoms with Gasteiger partial charge in [-0.15, -0.1) is 0 Å². The van der Waals surface area contributed by atoms with Crippen LogP contribution in [0.3, 0.4) is 0 Å². The zero-order chi connectivity index (χ0) is 11.1. The molecule has 0 aromatic carbocycles. The van der Waals surface area contributed by atoms with E-state index in [9.17, 15) is 4.79 Å². The number of carbonyl (C=O) groups excluding carboxylic acids is 1. The summed E-state index contributed by atoms with van der Waals surface area (Å²) in [5.41, 5.74) is 5.55. The number of aromatic nitrogens is 3. The van der Waals surface area contributed by atoms with E-state index >= 15 is 0 Å². The van der Waals surface area contributed by atoms with E-state index in [1.54, 1.807) is 0 Å². The monoisotopic (exact) mass is 211 g/mol. The van der Waals surface area contributed by atoms with E-state index < -0.39 is 6.04 Å². The minimum Gasteiger partial charge on any atom is -0.355 e. The summed E-state index contributed by atoms with van der Waals surface area (Å²) in [6.45, 7) is 2.51. The first-order valence-electron chi connectivity index (χ1n) is 5.11. The number of nitrogens with one attached hydrogen (secondary N) is 2. The molecule has 0 bridgehead atoms. The third kappa shape index (κ3) is 4.07. The van der Waals surface area contributed by atoms with Crippen LogP contribution in [-0.2, 0) is 11.2 Å². The number of aryl methyl sites for hydroxylation is 1. The zero-order valence-corrected chi connectivity index (χ0v) is 8.86. The molecule has 84 valence electrons. The molecule has 0 aliphatic heterocycles.